The van der Waals surface area contributed by atoms with Crippen LogP contribution in [0, 0.1) is 0 Å². The van der Waals surface area contributed by atoms with Crippen LogP contribution >= 0.6 is 11.3 Å². The number of benzene rings is 3. The average Bonchev–Trinajstić information content (AvgIpc) is 3.11. The zero-order chi connectivity index (χ0) is 20.8. The minimum absolute atomic E-state index is 0.126. The van der Waals surface area contributed by atoms with Crippen molar-refractivity contribution in [2.45, 2.75) is 13.3 Å². The maximum atomic E-state index is 11.4. The van der Waals surface area contributed by atoms with Gasteiger partial charge < -0.3 is 4.74 Å². The monoisotopic (exact) mass is 410 g/mol. The molecule has 4 rings (SSSR count). The lowest BCUT2D eigenvalue weighted by atomic mass is 10.00. The number of thiophene rings is 1. The van der Waals surface area contributed by atoms with Crippen molar-refractivity contribution in [1.82, 2.24) is 0 Å². The van der Waals surface area contributed by atoms with Gasteiger partial charge in [0.25, 0.3) is 6.43 Å². The lowest BCUT2D eigenvalue weighted by Crippen LogP contribution is -2.11. The van der Waals surface area contributed by atoms with E-state index in [1.165, 1.54) is 38.2 Å². The largest absolute Gasteiger partial charge is 0.456 e. The maximum absolute atomic E-state index is 11.4. The molecule has 0 aliphatic heterocycles. The summed E-state index contributed by atoms with van der Waals surface area (Å²) in [6, 6.07) is 25.9. The smallest absolute Gasteiger partial charge is 0.333 e. The number of alkyl halides is 2. The molecule has 0 amide bonds. The Morgan fingerprint density at radius 1 is 0.966 bits per heavy atom. The van der Waals surface area contributed by atoms with Gasteiger partial charge in [0.15, 0.2) is 6.61 Å². The van der Waals surface area contributed by atoms with Gasteiger partial charge in [0.1, 0.15) is 0 Å². The lowest BCUT2D eigenvalue weighted by molar-refractivity contribution is -0.142. The van der Waals surface area contributed by atoms with Crippen molar-refractivity contribution in [3.05, 3.63) is 84.9 Å². The molecule has 3 aromatic carbocycles. The van der Waals surface area contributed by atoms with E-state index in [4.69, 9.17) is 0 Å². The molecule has 4 aromatic rings. The Morgan fingerprint density at radius 3 is 2.31 bits per heavy atom. The van der Waals surface area contributed by atoms with Crippen molar-refractivity contribution in [2.75, 3.05) is 6.61 Å². The van der Waals surface area contributed by atoms with Gasteiger partial charge in [0.2, 0.25) is 0 Å². The lowest BCUT2D eigenvalue weighted by Gasteiger charge is -2.04. The van der Waals surface area contributed by atoms with Crippen LogP contribution in [0.3, 0.4) is 0 Å². The quantitative estimate of drug-likeness (QED) is 0.265. The van der Waals surface area contributed by atoms with Gasteiger partial charge in [0, 0.05) is 25.7 Å². The number of halogens is 2. The van der Waals surface area contributed by atoms with Crippen molar-refractivity contribution < 1.29 is 18.3 Å². The van der Waals surface area contributed by atoms with Crippen LogP contribution in [-0.2, 0) is 9.53 Å². The van der Waals surface area contributed by atoms with E-state index in [2.05, 4.69) is 84.1 Å². The highest BCUT2D eigenvalue weighted by molar-refractivity contribution is 7.25. The van der Waals surface area contributed by atoms with Crippen LogP contribution in [0.15, 0.2) is 84.9 Å². The van der Waals surface area contributed by atoms with Crippen LogP contribution in [0.2, 0.25) is 0 Å². The number of rotatable bonds is 4. The van der Waals surface area contributed by atoms with Crippen LogP contribution < -0.4 is 0 Å². The Bertz CT molecular complexity index is 1130. The first-order valence-electron chi connectivity index (χ1n) is 9.04. The Hall–Kier alpha value is -3.05. The first-order valence-corrected chi connectivity index (χ1v) is 9.85. The van der Waals surface area contributed by atoms with Gasteiger partial charge in [-0.3, -0.25) is 0 Å². The Morgan fingerprint density at radius 2 is 1.62 bits per heavy atom. The fraction of sp³-hybridized carbons (Fsp3) is 0.125. The van der Waals surface area contributed by atoms with Gasteiger partial charge in [-0.2, -0.15) is 0 Å². The van der Waals surface area contributed by atoms with Crippen LogP contribution in [-0.4, -0.2) is 19.0 Å². The van der Waals surface area contributed by atoms with Crippen molar-refractivity contribution in [3.8, 4) is 11.1 Å². The predicted molar refractivity (Wildman–Crippen MR) is 117 cm³/mol. The van der Waals surface area contributed by atoms with Gasteiger partial charge >= 0.3 is 5.97 Å². The SMILES string of the molecule is C=C(C)C(=O)OCC(F)F.c1ccc(-c2cccc3sc4ccccc4c23)cc1. The number of carbonyl (C=O) groups excluding carboxylic acids is 1. The number of hydrogen-bond acceptors (Lipinski definition) is 3. The molecule has 0 bridgehead atoms. The second kappa shape index (κ2) is 9.43. The minimum Gasteiger partial charge on any atom is -0.456 e. The van der Waals surface area contributed by atoms with E-state index in [9.17, 15) is 13.6 Å². The molecule has 2 nitrogen and oxygen atoms in total. The van der Waals surface area contributed by atoms with E-state index >= 15 is 0 Å². The molecule has 148 valence electrons. The molecule has 0 spiro atoms. The maximum Gasteiger partial charge on any atom is 0.333 e. The van der Waals surface area contributed by atoms with Crippen molar-refractivity contribution in [1.29, 1.82) is 0 Å². The van der Waals surface area contributed by atoms with E-state index in [1.54, 1.807) is 0 Å². The molecular weight excluding hydrogens is 390 g/mol. The molecule has 1 aromatic heterocycles. The van der Waals surface area contributed by atoms with E-state index < -0.39 is 19.0 Å². The Labute approximate surface area is 172 Å². The molecule has 0 aliphatic rings. The molecule has 0 saturated carbocycles. The summed E-state index contributed by atoms with van der Waals surface area (Å²) in [5.41, 5.74) is 2.74. The third-order valence-corrected chi connectivity index (χ3v) is 5.31. The molecule has 0 radical (unpaired) electrons. The second-order valence-electron chi connectivity index (χ2n) is 6.41. The Balaban J connectivity index is 0.000000207. The van der Waals surface area contributed by atoms with Gasteiger partial charge in [0.05, 0.1) is 0 Å². The summed E-state index contributed by atoms with van der Waals surface area (Å²) in [7, 11) is 0. The van der Waals surface area contributed by atoms with E-state index in [1.807, 2.05) is 11.3 Å². The van der Waals surface area contributed by atoms with Crippen molar-refractivity contribution in [3.63, 3.8) is 0 Å². The zero-order valence-corrected chi connectivity index (χ0v) is 16.7. The molecule has 5 heteroatoms. The van der Waals surface area contributed by atoms with E-state index in [0.717, 1.165) is 0 Å². The highest BCUT2D eigenvalue weighted by Gasteiger charge is 2.10. The first kappa shape index (κ1) is 20.7. The number of carbonyl (C=O) groups is 1. The molecular formula is C24H20F2O2S. The molecule has 0 unspecified atom stereocenters. The third-order valence-electron chi connectivity index (χ3n) is 4.18. The van der Waals surface area contributed by atoms with Gasteiger partial charge in [-0.1, -0.05) is 67.2 Å². The molecule has 0 atom stereocenters. The molecule has 29 heavy (non-hydrogen) atoms. The topological polar surface area (TPSA) is 26.3 Å². The van der Waals surface area contributed by atoms with Gasteiger partial charge in [-0.05, 0) is 30.2 Å². The van der Waals surface area contributed by atoms with Gasteiger partial charge in [-0.15, -0.1) is 11.3 Å². The predicted octanol–water partition coefficient (Wildman–Crippen LogP) is 7.09. The van der Waals surface area contributed by atoms with Crippen molar-refractivity contribution in [2.24, 2.45) is 0 Å². The minimum atomic E-state index is -2.61. The molecule has 0 saturated heterocycles. The summed E-state index contributed by atoms with van der Waals surface area (Å²) >= 11 is 1.87. The molecule has 0 fully saturated rings. The summed E-state index contributed by atoms with van der Waals surface area (Å²) in [5.74, 6) is -0.777. The Kier molecular flexibility index (Phi) is 6.73. The van der Waals surface area contributed by atoms with E-state index in [0.29, 0.717) is 0 Å². The van der Waals surface area contributed by atoms with Crippen LogP contribution in [0.1, 0.15) is 6.92 Å². The normalized spacial score (nSPS) is 10.6. The molecule has 1 heterocycles. The summed E-state index contributed by atoms with van der Waals surface area (Å²) in [5, 5.41) is 2.75. The van der Waals surface area contributed by atoms with Crippen LogP contribution in [0.25, 0.3) is 31.3 Å². The van der Waals surface area contributed by atoms with Crippen LogP contribution in [0.5, 0.6) is 0 Å². The fourth-order valence-corrected chi connectivity index (χ4v) is 4.03. The number of ether oxygens (including phenoxy) is 1. The fourth-order valence-electron chi connectivity index (χ4n) is 2.89. The number of fused-ring (bicyclic) bond motifs is 3. The molecule has 0 N–H and O–H groups in total. The average molecular weight is 410 g/mol. The van der Waals surface area contributed by atoms with Crippen LogP contribution in [0.4, 0.5) is 8.78 Å². The van der Waals surface area contributed by atoms with Crippen molar-refractivity contribution >= 4 is 37.5 Å². The highest BCUT2D eigenvalue weighted by Crippen LogP contribution is 2.39. The standard InChI is InChI=1S/C18H12S.C6H8F2O2/c1-2-7-13(8-3-1)14-10-6-12-17-18(14)15-9-4-5-11-16(15)19-17;1-4(2)6(9)10-3-5(7)8/h1-12H;5H,1,3H2,2H3. The summed E-state index contributed by atoms with van der Waals surface area (Å²) < 4.78 is 29.5. The summed E-state index contributed by atoms with van der Waals surface area (Å²) in [6.07, 6.45) is -2.61. The molecule has 0 aliphatic carbocycles. The van der Waals surface area contributed by atoms with E-state index in [-0.39, 0.29) is 5.57 Å². The van der Waals surface area contributed by atoms with Gasteiger partial charge in [-0.25, -0.2) is 13.6 Å². The third kappa shape index (κ3) is 5.06. The summed E-state index contributed by atoms with van der Waals surface area (Å²) in [6.45, 7) is 3.75. The summed E-state index contributed by atoms with van der Waals surface area (Å²) in [4.78, 5) is 10.4. The zero-order valence-electron chi connectivity index (χ0n) is 15.9. The second-order valence-corrected chi connectivity index (χ2v) is 7.50. The first-order chi connectivity index (χ1) is 14.0. The number of esters is 1. The number of hydrogen-bond donors (Lipinski definition) is 0. The highest BCUT2D eigenvalue weighted by atomic mass is 32.1.